The molecule has 9 heteroatoms. The zero-order valence-corrected chi connectivity index (χ0v) is 17.9. The molecule has 4 rings (SSSR count). The van der Waals surface area contributed by atoms with E-state index in [1.807, 2.05) is 31.2 Å². The molecule has 0 aliphatic rings. The lowest BCUT2D eigenvalue weighted by atomic mass is 10.2. The molecule has 0 N–H and O–H groups in total. The highest BCUT2D eigenvalue weighted by Gasteiger charge is 2.21. The standard InChI is InChI=1S/C20H16Cl2N4O2S/c1-11(19-24-15-5-3-4-6-16(15)29-19)25(2)17(27)9-26-10-23-18-13(20(26)28)7-12(21)8-14(18)22/h3-8,10-11H,9H2,1-2H3. The van der Waals surface area contributed by atoms with Crippen LogP contribution in [-0.4, -0.2) is 32.4 Å². The van der Waals surface area contributed by atoms with Gasteiger partial charge in [-0.05, 0) is 31.2 Å². The van der Waals surface area contributed by atoms with Crippen molar-refractivity contribution in [1.82, 2.24) is 19.4 Å². The first-order chi connectivity index (χ1) is 13.8. The van der Waals surface area contributed by atoms with Gasteiger partial charge < -0.3 is 4.90 Å². The van der Waals surface area contributed by atoms with Crippen LogP contribution in [0.5, 0.6) is 0 Å². The largest absolute Gasteiger partial charge is 0.335 e. The SMILES string of the molecule is CC(c1nc2ccccc2s1)N(C)C(=O)Cn1cnc2c(Cl)cc(Cl)cc2c1=O. The number of benzene rings is 2. The van der Waals surface area contributed by atoms with Crippen LogP contribution in [0.15, 0.2) is 47.5 Å². The Hall–Kier alpha value is -2.48. The maximum Gasteiger partial charge on any atom is 0.261 e. The smallest absolute Gasteiger partial charge is 0.261 e. The van der Waals surface area contributed by atoms with Crippen LogP contribution in [0.3, 0.4) is 0 Å². The van der Waals surface area contributed by atoms with Gasteiger partial charge >= 0.3 is 0 Å². The molecule has 0 spiro atoms. The van der Waals surface area contributed by atoms with E-state index in [1.54, 1.807) is 23.3 Å². The number of hydrogen-bond acceptors (Lipinski definition) is 5. The quantitative estimate of drug-likeness (QED) is 0.461. The third-order valence-corrected chi connectivity index (χ3v) is 6.51. The zero-order valence-electron chi connectivity index (χ0n) is 15.6. The predicted octanol–water partition coefficient (Wildman–Crippen LogP) is 4.53. The molecule has 0 aliphatic carbocycles. The number of nitrogens with zero attached hydrogens (tertiary/aromatic N) is 4. The van der Waals surface area contributed by atoms with Crippen molar-refractivity contribution in [2.75, 3.05) is 7.05 Å². The van der Waals surface area contributed by atoms with Crippen molar-refractivity contribution in [1.29, 1.82) is 0 Å². The van der Waals surface area contributed by atoms with Crippen molar-refractivity contribution < 1.29 is 4.79 Å². The molecule has 0 saturated heterocycles. The summed E-state index contributed by atoms with van der Waals surface area (Å²) >= 11 is 13.7. The Bertz CT molecular complexity index is 1270. The fraction of sp³-hybridized carbons (Fsp3) is 0.200. The predicted molar refractivity (Wildman–Crippen MR) is 117 cm³/mol. The second-order valence-electron chi connectivity index (χ2n) is 6.66. The van der Waals surface area contributed by atoms with Crippen LogP contribution >= 0.6 is 34.5 Å². The van der Waals surface area contributed by atoms with Gasteiger partial charge in [-0.15, -0.1) is 11.3 Å². The van der Waals surface area contributed by atoms with Gasteiger partial charge in [0.15, 0.2) is 0 Å². The van der Waals surface area contributed by atoms with E-state index in [0.717, 1.165) is 15.2 Å². The third-order valence-electron chi connectivity index (χ3n) is 4.79. The van der Waals surface area contributed by atoms with Crippen LogP contribution in [0.2, 0.25) is 10.0 Å². The lowest BCUT2D eigenvalue weighted by Crippen LogP contribution is -2.35. The molecule has 4 aromatic rings. The monoisotopic (exact) mass is 446 g/mol. The molecule has 0 radical (unpaired) electrons. The summed E-state index contributed by atoms with van der Waals surface area (Å²) in [5.41, 5.74) is 0.902. The van der Waals surface area contributed by atoms with Gasteiger partial charge in [0, 0.05) is 12.1 Å². The first-order valence-electron chi connectivity index (χ1n) is 8.80. The highest BCUT2D eigenvalue weighted by molar-refractivity contribution is 7.18. The van der Waals surface area contributed by atoms with Gasteiger partial charge in [-0.2, -0.15) is 0 Å². The summed E-state index contributed by atoms with van der Waals surface area (Å²) in [5, 5.41) is 1.75. The van der Waals surface area contributed by atoms with E-state index in [2.05, 4.69) is 9.97 Å². The number of carbonyl (C=O) groups excluding carboxylic acids is 1. The molecule has 1 amide bonds. The Morgan fingerprint density at radius 3 is 2.79 bits per heavy atom. The Kier molecular flexibility index (Phi) is 5.29. The molecular formula is C20H16Cl2N4O2S. The van der Waals surface area contributed by atoms with Crippen LogP contribution in [0.1, 0.15) is 18.0 Å². The van der Waals surface area contributed by atoms with Crippen LogP contribution in [-0.2, 0) is 11.3 Å². The van der Waals surface area contributed by atoms with Crippen LogP contribution in [0.25, 0.3) is 21.1 Å². The number of likely N-dealkylation sites (N-methyl/N-ethyl adjacent to an activating group) is 1. The number of thiazole rings is 1. The number of halogens is 2. The summed E-state index contributed by atoms with van der Waals surface area (Å²) in [5.74, 6) is -0.229. The number of amides is 1. The van der Waals surface area contributed by atoms with Crippen molar-refractivity contribution in [2.45, 2.75) is 19.5 Å². The van der Waals surface area contributed by atoms with Gasteiger partial charge in [0.2, 0.25) is 5.91 Å². The van der Waals surface area contributed by atoms with Crippen molar-refractivity contribution in [2.24, 2.45) is 0 Å². The number of carbonyl (C=O) groups is 1. The number of rotatable bonds is 4. The first-order valence-corrected chi connectivity index (χ1v) is 10.4. The summed E-state index contributed by atoms with van der Waals surface area (Å²) in [6.45, 7) is 1.77. The summed E-state index contributed by atoms with van der Waals surface area (Å²) < 4.78 is 2.33. The Balaban J connectivity index is 1.60. The average Bonchev–Trinajstić information content (AvgIpc) is 3.13. The molecule has 148 valence electrons. The molecule has 0 fully saturated rings. The molecule has 2 heterocycles. The molecular weight excluding hydrogens is 431 g/mol. The number of fused-ring (bicyclic) bond motifs is 2. The van der Waals surface area contributed by atoms with Gasteiger partial charge in [-0.3, -0.25) is 14.2 Å². The van der Waals surface area contributed by atoms with Crippen molar-refractivity contribution in [3.05, 3.63) is 68.1 Å². The van der Waals surface area contributed by atoms with E-state index in [4.69, 9.17) is 23.2 Å². The van der Waals surface area contributed by atoms with E-state index in [-0.39, 0.29) is 29.4 Å². The van der Waals surface area contributed by atoms with Gasteiger partial charge in [0.25, 0.3) is 5.56 Å². The number of hydrogen-bond donors (Lipinski definition) is 0. The summed E-state index contributed by atoms with van der Waals surface area (Å²) in [7, 11) is 1.70. The van der Waals surface area contributed by atoms with Gasteiger partial charge in [0.1, 0.15) is 11.6 Å². The van der Waals surface area contributed by atoms with E-state index < -0.39 is 0 Å². The van der Waals surface area contributed by atoms with Gasteiger partial charge in [0.05, 0.1) is 38.5 Å². The lowest BCUT2D eigenvalue weighted by Gasteiger charge is -2.23. The first kappa shape index (κ1) is 19.8. The molecule has 29 heavy (non-hydrogen) atoms. The molecule has 2 aromatic carbocycles. The maximum absolute atomic E-state index is 12.8. The number of aromatic nitrogens is 3. The molecule has 0 saturated carbocycles. The average molecular weight is 447 g/mol. The second-order valence-corrected chi connectivity index (χ2v) is 8.57. The Labute approximate surface area is 180 Å². The van der Waals surface area contributed by atoms with Crippen LogP contribution < -0.4 is 5.56 Å². The van der Waals surface area contributed by atoms with Crippen LogP contribution in [0, 0.1) is 0 Å². The minimum atomic E-state index is -0.367. The van der Waals surface area contributed by atoms with Crippen molar-refractivity contribution in [3.63, 3.8) is 0 Å². The summed E-state index contributed by atoms with van der Waals surface area (Å²) in [6, 6.07) is 10.6. The zero-order chi connectivity index (χ0) is 20.7. The molecule has 0 bridgehead atoms. The molecule has 1 atom stereocenters. The maximum atomic E-state index is 12.8. The second kappa shape index (κ2) is 7.74. The van der Waals surface area contributed by atoms with Crippen molar-refractivity contribution >= 4 is 61.6 Å². The minimum Gasteiger partial charge on any atom is -0.335 e. The van der Waals surface area contributed by atoms with Gasteiger partial charge in [-0.25, -0.2) is 9.97 Å². The fourth-order valence-corrected chi connectivity index (χ4v) is 4.62. The third kappa shape index (κ3) is 3.73. The van der Waals surface area contributed by atoms with Gasteiger partial charge in [-0.1, -0.05) is 35.3 Å². The van der Waals surface area contributed by atoms with E-state index in [1.165, 1.54) is 23.0 Å². The van der Waals surface area contributed by atoms with E-state index >= 15 is 0 Å². The molecule has 0 aliphatic heterocycles. The Morgan fingerprint density at radius 2 is 2.03 bits per heavy atom. The van der Waals surface area contributed by atoms with E-state index in [9.17, 15) is 9.59 Å². The fourth-order valence-electron chi connectivity index (χ4n) is 3.02. The molecule has 1 unspecified atom stereocenters. The lowest BCUT2D eigenvalue weighted by molar-refractivity contribution is -0.132. The van der Waals surface area contributed by atoms with Crippen molar-refractivity contribution in [3.8, 4) is 0 Å². The van der Waals surface area contributed by atoms with E-state index in [0.29, 0.717) is 15.6 Å². The minimum absolute atomic E-state index is 0.141. The summed E-state index contributed by atoms with van der Waals surface area (Å²) in [6.07, 6.45) is 1.33. The highest BCUT2D eigenvalue weighted by Crippen LogP contribution is 2.29. The number of para-hydroxylation sites is 1. The molecule has 2 aromatic heterocycles. The summed E-state index contributed by atoms with van der Waals surface area (Å²) in [4.78, 5) is 36.0. The highest BCUT2D eigenvalue weighted by atomic mass is 35.5. The van der Waals surface area contributed by atoms with Crippen LogP contribution in [0.4, 0.5) is 0 Å². The topological polar surface area (TPSA) is 68.1 Å². The normalized spacial score (nSPS) is 12.4. The Morgan fingerprint density at radius 1 is 1.28 bits per heavy atom. The molecule has 6 nitrogen and oxygen atoms in total.